The Morgan fingerprint density at radius 3 is 2.60 bits per heavy atom. The van der Waals surface area contributed by atoms with Gasteiger partial charge >= 0.3 is 0 Å². The number of nitrogens with one attached hydrogen (secondary N) is 1. The zero-order valence-electron chi connectivity index (χ0n) is 11.3. The summed E-state index contributed by atoms with van der Waals surface area (Å²) in [6, 6.07) is 1.32. The van der Waals surface area contributed by atoms with Gasteiger partial charge in [0.15, 0.2) is 0 Å². The molecule has 1 N–H and O–H groups in total. The highest BCUT2D eigenvalue weighted by molar-refractivity contribution is 8.15. The summed E-state index contributed by atoms with van der Waals surface area (Å²) in [5.74, 6) is -0.236. The van der Waals surface area contributed by atoms with Crippen LogP contribution in [0.25, 0.3) is 0 Å². The number of carbonyl (C=O) groups excluding carboxylic acids is 1. The first-order chi connectivity index (χ1) is 9.30. The summed E-state index contributed by atoms with van der Waals surface area (Å²) in [7, 11) is 1.50. The van der Waals surface area contributed by atoms with Crippen molar-refractivity contribution in [3.63, 3.8) is 0 Å². The van der Waals surface area contributed by atoms with Crippen molar-refractivity contribution in [1.82, 2.24) is 5.32 Å². The van der Waals surface area contributed by atoms with E-state index in [0.717, 1.165) is 24.2 Å². The molecule has 1 fully saturated rings. The summed E-state index contributed by atoms with van der Waals surface area (Å²) in [5, 5.41) is 4.43. The van der Waals surface area contributed by atoms with Gasteiger partial charge in [0.1, 0.15) is 4.21 Å². The first-order valence-corrected chi connectivity index (χ1v) is 9.80. The quantitative estimate of drug-likeness (QED) is 0.858. The minimum Gasteiger partial charge on any atom is -0.351 e. The zero-order chi connectivity index (χ0) is 14.8. The van der Waals surface area contributed by atoms with Crippen molar-refractivity contribution in [1.29, 1.82) is 0 Å². The number of rotatable bonds is 4. The molecule has 0 unspecified atom stereocenters. The van der Waals surface area contributed by atoms with Crippen molar-refractivity contribution >= 4 is 37.0 Å². The Kier molecular flexibility index (Phi) is 4.76. The number of hydrogen-bond donors (Lipinski definition) is 1. The monoisotopic (exact) mass is 335 g/mol. The maximum absolute atomic E-state index is 12.0. The predicted molar refractivity (Wildman–Crippen MR) is 80.9 cm³/mol. The molecule has 1 aromatic rings. The van der Waals surface area contributed by atoms with Crippen LogP contribution in [-0.4, -0.2) is 20.9 Å². The lowest BCUT2D eigenvalue weighted by Gasteiger charge is -2.33. The fraction of sp³-hybridized carbons (Fsp3) is 0.615. The summed E-state index contributed by atoms with van der Waals surface area (Å²) in [4.78, 5) is 12.0. The Labute approximate surface area is 127 Å². The molecule has 0 aromatic carbocycles. The van der Waals surface area contributed by atoms with Gasteiger partial charge in [0.05, 0.1) is 5.56 Å². The van der Waals surface area contributed by atoms with Crippen LogP contribution >= 0.6 is 22.0 Å². The third kappa shape index (κ3) is 3.96. The Morgan fingerprint density at radius 2 is 2.05 bits per heavy atom. The first kappa shape index (κ1) is 15.8. The van der Waals surface area contributed by atoms with Gasteiger partial charge < -0.3 is 5.32 Å². The van der Waals surface area contributed by atoms with Crippen LogP contribution in [0.15, 0.2) is 15.7 Å². The standard InChI is InChI=1S/C13H18ClNO3S2/c1-13(5-3-2-4-6-13)9-15-12(16)10-7-11(19-8-10)20(14,17)18/h7-8H,2-6,9H2,1H3,(H,15,16). The van der Waals surface area contributed by atoms with Gasteiger partial charge in [-0.3, -0.25) is 4.79 Å². The van der Waals surface area contributed by atoms with E-state index in [1.54, 1.807) is 0 Å². The van der Waals surface area contributed by atoms with E-state index in [4.69, 9.17) is 10.7 Å². The molecule has 1 amide bonds. The lowest BCUT2D eigenvalue weighted by molar-refractivity contribution is 0.0919. The molecule has 0 bridgehead atoms. The second kappa shape index (κ2) is 6.03. The largest absolute Gasteiger partial charge is 0.351 e. The molecule has 1 aromatic heterocycles. The van der Waals surface area contributed by atoms with Gasteiger partial charge in [-0.25, -0.2) is 8.42 Å². The minimum atomic E-state index is -3.75. The van der Waals surface area contributed by atoms with Crippen molar-refractivity contribution in [2.45, 2.75) is 43.2 Å². The number of thiophene rings is 1. The maximum atomic E-state index is 12.0. The van der Waals surface area contributed by atoms with E-state index < -0.39 is 9.05 Å². The Hall–Kier alpha value is -0.590. The molecule has 0 atom stereocenters. The van der Waals surface area contributed by atoms with E-state index in [1.807, 2.05) is 0 Å². The number of halogens is 1. The summed E-state index contributed by atoms with van der Waals surface area (Å²) in [6.45, 7) is 2.82. The van der Waals surface area contributed by atoms with Crippen LogP contribution in [0.1, 0.15) is 49.4 Å². The highest BCUT2D eigenvalue weighted by atomic mass is 35.7. The maximum Gasteiger partial charge on any atom is 0.270 e. The summed E-state index contributed by atoms with van der Waals surface area (Å²) in [6.07, 6.45) is 5.93. The van der Waals surface area contributed by atoms with E-state index in [9.17, 15) is 13.2 Å². The molecule has 2 rings (SSSR count). The van der Waals surface area contributed by atoms with Crippen molar-refractivity contribution in [3.8, 4) is 0 Å². The van der Waals surface area contributed by atoms with Gasteiger partial charge in [0.25, 0.3) is 15.0 Å². The molecular formula is C13H18ClNO3S2. The fourth-order valence-electron chi connectivity index (χ4n) is 2.54. The number of hydrogen-bond acceptors (Lipinski definition) is 4. The summed E-state index contributed by atoms with van der Waals surface area (Å²) >= 11 is 0.965. The molecule has 0 radical (unpaired) electrons. The molecule has 0 saturated heterocycles. The molecule has 20 heavy (non-hydrogen) atoms. The second-order valence-electron chi connectivity index (χ2n) is 5.65. The fourth-order valence-corrected chi connectivity index (χ4v) is 4.49. The van der Waals surface area contributed by atoms with Crippen LogP contribution in [0, 0.1) is 5.41 Å². The number of amides is 1. The normalized spacial score (nSPS) is 18.7. The predicted octanol–water partition coefficient (Wildman–Crippen LogP) is 3.38. The second-order valence-corrected chi connectivity index (χ2v) is 9.35. The molecule has 7 heteroatoms. The molecule has 1 aliphatic rings. The van der Waals surface area contributed by atoms with Crippen LogP contribution in [0.3, 0.4) is 0 Å². The van der Waals surface area contributed by atoms with Crippen LogP contribution < -0.4 is 5.32 Å². The van der Waals surface area contributed by atoms with Crippen molar-refractivity contribution in [2.24, 2.45) is 5.41 Å². The average Bonchev–Trinajstić information content (AvgIpc) is 2.86. The van der Waals surface area contributed by atoms with Gasteiger partial charge in [0.2, 0.25) is 0 Å². The SMILES string of the molecule is CC1(CNC(=O)c2csc(S(=O)(=O)Cl)c2)CCCCC1. The molecule has 1 aliphatic carbocycles. The Morgan fingerprint density at radius 1 is 1.40 bits per heavy atom. The molecule has 4 nitrogen and oxygen atoms in total. The van der Waals surface area contributed by atoms with Crippen LogP contribution in [-0.2, 0) is 9.05 Å². The van der Waals surface area contributed by atoms with E-state index in [2.05, 4.69) is 12.2 Å². The van der Waals surface area contributed by atoms with Gasteiger partial charge in [-0.05, 0) is 24.3 Å². The van der Waals surface area contributed by atoms with E-state index in [-0.39, 0.29) is 15.5 Å². The topological polar surface area (TPSA) is 63.2 Å². The lowest BCUT2D eigenvalue weighted by Crippen LogP contribution is -2.36. The molecule has 112 valence electrons. The highest BCUT2D eigenvalue weighted by Crippen LogP contribution is 2.35. The average molecular weight is 336 g/mol. The van der Waals surface area contributed by atoms with E-state index in [1.165, 1.54) is 30.7 Å². The molecule has 0 aliphatic heterocycles. The van der Waals surface area contributed by atoms with Gasteiger partial charge in [-0.2, -0.15) is 0 Å². The van der Waals surface area contributed by atoms with E-state index >= 15 is 0 Å². The van der Waals surface area contributed by atoms with Crippen molar-refractivity contribution in [3.05, 3.63) is 17.0 Å². The van der Waals surface area contributed by atoms with Crippen molar-refractivity contribution in [2.75, 3.05) is 6.54 Å². The zero-order valence-corrected chi connectivity index (χ0v) is 13.7. The third-order valence-corrected chi connectivity index (χ3v) is 6.85. The lowest BCUT2D eigenvalue weighted by atomic mass is 9.76. The molecule has 1 saturated carbocycles. The first-order valence-electron chi connectivity index (χ1n) is 6.62. The summed E-state index contributed by atoms with van der Waals surface area (Å²) < 4.78 is 22.3. The molecular weight excluding hydrogens is 318 g/mol. The van der Waals surface area contributed by atoms with E-state index in [0.29, 0.717) is 12.1 Å². The van der Waals surface area contributed by atoms with Gasteiger partial charge in [-0.1, -0.05) is 26.2 Å². The Bertz CT molecular complexity index is 589. The van der Waals surface area contributed by atoms with Gasteiger partial charge in [0, 0.05) is 22.6 Å². The van der Waals surface area contributed by atoms with Crippen LogP contribution in [0.4, 0.5) is 0 Å². The van der Waals surface area contributed by atoms with Gasteiger partial charge in [-0.15, -0.1) is 11.3 Å². The minimum absolute atomic E-state index is 0.00759. The highest BCUT2D eigenvalue weighted by Gasteiger charge is 2.27. The molecule has 0 spiro atoms. The molecule has 1 heterocycles. The van der Waals surface area contributed by atoms with Crippen LogP contribution in [0.2, 0.25) is 0 Å². The Balaban J connectivity index is 1.97. The third-order valence-electron chi connectivity index (χ3n) is 3.81. The van der Waals surface area contributed by atoms with Crippen LogP contribution in [0.5, 0.6) is 0 Å². The number of carbonyl (C=O) groups is 1. The summed E-state index contributed by atoms with van der Waals surface area (Å²) in [5.41, 5.74) is 0.513. The smallest absolute Gasteiger partial charge is 0.270 e. The van der Waals surface area contributed by atoms with Crippen molar-refractivity contribution < 1.29 is 13.2 Å².